The largest absolute Gasteiger partial charge is 0.259 e. The lowest BCUT2D eigenvalue weighted by molar-refractivity contribution is 1.18. The molecule has 0 aliphatic carbocycles. The highest BCUT2D eigenvalue weighted by Crippen LogP contribution is 2.25. The van der Waals surface area contributed by atoms with Crippen LogP contribution in [0.2, 0.25) is 5.02 Å². The first-order valence-corrected chi connectivity index (χ1v) is 4.90. The van der Waals surface area contributed by atoms with Gasteiger partial charge >= 0.3 is 0 Å². The molecule has 0 aliphatic heterocycles. The van der Waals surface area contributed by atoms with Crippen molar-refractivity contribution >= 4 is 43.5 Å². The Morgan fingerprint density at radius 3 is 2.80 bits per heavy atom. The smallest absolute Gasteiger partial charge is 0.0772 e. The molecule has 0 saturated carbocycles. The number of hydrogen-bond acceptors (Lipinski definition) is 1. The van der Waals surface area contributed by atoms with Gasteiger partial charge in [-0.15, -0.1) is 0 Å². The van der Waals surface area contributed by atoms with Crippen molar-refractivity contribution in [2.24, 2.45) is 0 Å². The maximum atomic E-state index is 5.85. The van der Waals surface area contributed by atoms with Crippen molar-refractivity contribution in [1.82, 2.24) is 4.98 Å². The summed E-state index contributed by atoms with van der Waals surface area (Å²) in [4.78, 5) is 4.05. The van der Waals surface area contributed by atoms with Gasteiger partial charge in [-0.25, -0.2) is 0 Å². The Morgan fingerprint density at radius 1 is 1.60 bits per heavy atom. The van der Waals surface area contributed by atoms with E-state index in [0.29, 0.717) is 10.4 Å². The fourth-order valence-electron chi connectivity index (χ4n) is 0.554. The third-order valence-corrected chi connectivity index (χ3v) is 2.88. The molecule has 0 amide bonds. The molecule has 0 N–H and O–H groups in total. The summed E-state index contributed by atoms with van der Waals surface area (Å²) in [6.07, 6.45) is 1.71. The molecule has 4 heteroatoms. The summed E-state index contributed by atoms with van der Waals surface area (Å²) in [5.41, 5.74) is 0.857. The van der Waals surface area contributed by atoms with E-state index in [1.54, 1.807) is 6.20 Å². The van der Waals surface area contributed by atoms with Gasteiger partial charge in [-0.05, 0) is 22.0 Å². The van der Waals surface area contributed by atoms with E-state index < -0.39 is 0 Å². The molecule has 1 nitrogen and oxygen atoms in total. The van der Waals surface area contributed by atoms with Crippen LogP contribution in [0.25, 0.3) is 0 Å². The predicted molar refractivity (Wildman–Crippen MR) is 49.6 cm³/mol. The highest BCUT2D eigenvalue weighted by molar-refractivity contribution is 9.10. The second-order valence-electron chi connectivity index (χ2n) is 1.69. The minimum atomic E-state index is 0.680. The molecule has 54 valence electrons. The van der Waals surface area contributed by atoms with Gasteiger partial charge in [-0.2, -0.15) is 0 Å². The van der Waals surface area contributed by atoms with E-state index in [9.17, 15) is 0 Å². The van der Waals surface area contributed by atoms with Gasteiger partial charge in [-0.3, -0.25) is 4.98 Å². The Balaban J connectivity index is 3.14. The third-order valence-electron chi connectivity index (χ3n) is 1.04. The van der Waals surface area contributed by atoms with Crippen LogP contribution in [0.3, 0.4) is 0 Å². The molecule has 0 spiro atoms. The number of nitrogens with zero attached hydrogens (tertiary/aromatic N) is 1. The Kier molecular flexibility index (Phi) is 3.14. The van der Waals surface area contributed by atoms with Gasteiger partial charge in [0.15, 0.2) is 0 Å². The summed E-state index contributed by atoms with van der Waals surface area (Å²) in [6, 6.07) is 1.81. The first-order chi connectivity index (χ1) is 4.75. The predicted octanol–water partition coefficient (Wildman–Crippen LogP) is 3.39. The molecule has 0 aliphatic rings. The first-order valence-electron chi connectivity index (χ1n) is 2.60. The first kappa shape index (κ1) is 8.50. The van der Waals surface area contributed by atoms with Crippen LogP contribution in [-0.2, 0) is 5.33 Å². The fraction of sp³-hybridized carbons (Fsp3) is 0.167. The average molecular weight is 285 g/mol. The molecule has 0 saturated heterocycles. The molecular formula is C6H4Br2ClN. The van der Waals surface area contributed by atoms with E-state index in [0.717, 1.165) is 10.2 Å². The molecule has 1 aromatic heterocycles. The van der Waals surface area contributed by atoms with E-state index in [-0.39, 0.29) is 0 Å². The summed E-state index contributed by atoms with van der Waals surface area (Å²) in [7, 11) is 0. The van der Waals surface area contributed by atoms with Gasteiger partial charge in [0.25, 0.3) is 0 Å². The molecule has 0 fully saturated rings. The minimum absolute atomic E-state index is 0.680. The number of alkyl halides is 1. The number of aromatic nitrogens is 1. The summed E-state index contributed by atoms with van der Waals surface area (Å²) in [5.74, 6) is 0. The van der Waals surface area contributed by atoms with Crippen LogP contribution in [0.1, 0.15) is 5.69 Å². The molecule has 0 atom stereocenters. The zero-order chi connectivity index (χ0) is 7.56. The molecule has 0 unspecified atom stereocenters. The summed E-state index contributed by atoms with van der Waals surface area (Å²) < 4.78 is 0.888. The Labute approximate surface area is 81.1 Å². The van der Waals surface area contributed by atoms with Crippen LogP contribution in [0.4, 0.5) is 0 Å². The maximum Gasteiger partial charge on any atom is 0.0772 e. The van der Waals surface area contributed by atoms with Gasteiger partial charge in [0.2, 0.25) is 0 Å². The summed E-state index contributed by atoms with van der Waals surface area (Å²) in [5, 5.41) is 1.37. The molecule has 10 heavy (non-hydrogen) atoms. The van der Waals surface area contributed by atoms with Gasteiger partial charge in [0, 0.05) is 16.0 Å². The monoisotopic (exact) mass is 283 g/mol. The zero-order valence-electron chi connectivity index (χ0n) is 4.94. The van der Waals surface area contributed by atoms with Crippen molar-refractivity contribution in [3.05, 3.63) is 27.5 Å². The van der Waals surface area contributed by atoms with Crippen LogP contribution in [0.5, 0.6) is 0 Å². The normalized spacial score (nSPS) is 9.90. The number of hydrogen-bond donors (Lipinski definition) is 0. The standard InChI is InChI=1S/C6H4Br2ClN/c7-3-5-6(9)4(8)1-2-10-5/h1-2H,3H2. The SMILES string of the molecule is Clc1c(Br)ccnc1CBr. The highest BCUT2D eigenvalue weighted by Gasteiger charge is 2.02. The van der Waals surface area contributed by atoms with E-state index in [1.165, 1.54) is 0 Å². The highest BCUT2D eigenvalue weighted by atomic mass is 79.9. The number of rotatable bonds is 1. The van der Waals surface area contributed by atoms with Gasteiger partial charge < -0.3 is 0 Å². The zero-order valence-corrected chi connectivity index (χ0v) is 8.87. The van der Waals surface area contributed by atoms with Crippen molar-refractivity contribution in [3.8, 4) is 0 Å². The topological polar surface area (TPSA) is 12.9 Å². The molecule has 0 bridgehead atoms. The molecule has 0 aromatic carbocycles. The molecule has 1 aromatic rings. The van der Waals surface area contributed by atoms with E-state index >= 15 is 0 Å². The van der Waals surface area contributed by atoms with E-state index in [4.69, 9.17) is 11.6 Å². The second-order valence-corrected chi connectivity index (χ2v) is 3.48. The van der Waals surface area contributed by atoms with Gasteiger partial charge in [-0.1, -0.05) is 27.5 Å². The van der Waals surface area contributed by atoms with Crippen LogP contribution < -0.4 is 0 Å². The molecule has 1 rings (SSSR count). The quantitative estimate of drug-likeness (QED) is 0.721. The van der Waals surface area contributed by atoms with Crippen molar-refractivity contribution < 1.29 is 0 Å². The van der Waals surface area contributed by atoms with Crippen molar-refractivity contribution in [2.75, 3.05) is 0 Å². The number of pyridine rings is 1. The number of halogens is 3. The molecular weight excluding hydrogens is 281 g/mol. The van der Waals surface area contributed by atoms with Crippen molar-refractivity contribution in [2.45, 2.75) is 5.33 Å². The van der Waals surface area contributed by atoms with Crippen molar-refractivity contribution in [1.29, 1.82) is 0 Å². The fourth-order valence-corrected chi connectivity index (χ4v) is 1.67. The second kappa shape index (κ2) is 3.69. The van der Waals surface area contributed by atoms with Crippen molar-refractivity contribution in [3.63, 3.8) is 0 Å². The lowest BCUT2D eigenvalue weighted by atomic mass is 10.4. The van der Waals surface area contributed by atoms with E-state index in [1.807, 2.05) is 6.07 Å². The van der Waals surface area contributed by atoms with Crippen LogP contribution in [0, 0.1) is 0 Å². The molecule has 0 radical (unpaired) electrons. The molecule has 1 heterocycles. The Bertz CT molecular complexity index is 239. The third kappa shape index (κ3) is 1.71. The Hall–Kier alpha value is 0.400. The van der Waals surface area contributed by atoms with Crippen LogP contribution >= 0.6 is 43.5 Å². The Morgan fingerprint density at radius 2 is 2.30 bits per heavy atom. The van der Waals surface area contributed by atoms with Gasteiger partial charge in [0.05, 0.1) is 10.7 Å². The lowest BCUT2D eigenvalue weighted by Gasteiger charge is -1.98. The lowest BCUT2D eigenvalue weighted by Crippen LogP contribution is -1.85. The summed E-state index contributed by atoms with van der Waals surface area (Å²) in [6.45, 7) is 0. The van der Waals surface area contributed by atoms with Crippen LogP contribution in [-0.4, -0.2) is 4.98 Å². The van der Waals surface area contributed by atoms with E-state index in [2.05, 4.69) is 36.8 Å². The van der Waals surface area contributed by atoms with Gasteiger partial charge in [0.1, 0.15) is 0 Å². The van der Waals surface area contributed by atoms with Crippen LogP contribution in [0.15, 0.2) is 16.7 Å². The minimum Gasteiger partial charge on any atom is -0.259 e. The maximum absolute atomic E-state index is 5.85. The average Bonchev–Trinajstić information content (AvgIpc) is 1.95. The summed E-state index contributed by atoms with van der Waals surface area (Å²) >= 11 is 12.4.